The van der Waals surface area contributed by atoms with E-state index in [2.05, 4.69) is 12.2 Å². The molecule has 3 heteroatoms. The van der Waals surface area contributed by atoms with Crippen LogP contribution in [0.15, 0.2) is 18.2 Å². The van der Waals surface area contributed by atoms with Crippen molar-refractivity contribution < 1.29 is 4.39 Å². The van der Waals surface area contributed by atoms with Crippen molar-refractivity contribution in [1.82, 2.24) is 5.32 Å². The van der Waals surface area contributed by atoms with Crippen molar-refractivity contribution in [2.24, 2.45) is 0 Å². The number of rotatable bonds is 4. The number of benzene rings is 1. The summed E-state index contributed by atoms with van der Waals surface area (Å²) in [5.74, 6) is -0.252. The molecule has 1 fully saturated rings. The van der Waals surface area contributed by atoms with Gasteiger partial charge in [0.25, 0.3) is 0 Å². The Morgan fingerprint density at radius 2 is 2.29 bits per heavy atom. The van der Waals surface area contributed by atoms with Crippen LogP contribution in [0.5, 0.6) is 0 Å². The predicted molar refractivity (Wildman–Crippen MR) is 70.0 cm³/mol. The van der Waals surface area contributed by atoms with E-state index in [-0.39, 0.29) is 16.4 Å². The summed E-state index contributed by atoms with van der Waals surface area (Å²) in [6.07, 6.45) is 5.27. The third-order valence-corrected chi connectivity index (χ3v) is 3.91. The minimum absolute atomic E-state index is 0.0836. The van der Waals surface area contributed by atoms with Gasteiger partial charge in [0.1, 0.15) is 5.82 Å². The molecule has 1 unspecified atom stereocenters. The van der Waals surface area contributed by atoms with Crippen LogP contribution in [-0.2, 0) is 6.42 Å². The molecule has 0 aromatic heterocycles. The van der Waals surface area contributed by atoms with Crippen LogP contribution in [0.25, 0.3) is 0 Å². The summed E-state index contributed by atoms with van der Waals surface area (Å²) in [6.45, 7) is 3.22. The Balaban J connectivity index is 2.20. The molecule has 0 aliphatic carbocycles. The number of hydrogen-bond acceptors (Lipinski definition) is 1. The van der Waals surface area contributed by atoms with Gasteiger partial charge in [0.05, 0.1) is 5.02 Å². The first kappa shape index (κ1) is 12.8. The van der Waals surface area contributed by atoms with Crippen LogP contribution in [0, 0.1) is 5.82 Å². The molecule has 1 N–H and O–H groups in total. The first-order valence-electron chi connectivity index (χ1n) is 6.35. The number of halogens is 2. The molecule has 0 radical (unpaired) electrons. The van der Waals surface area contributed by atoms with Crippen LogP contribution in [0.2, 0.25) is 5.02 Å². The molecule has 1 heterocycles. The molecule has 1 aliphatic rings. The molecule has 1 aromatic rings. The highest BCUT2D eigenvalue weighted by Gasteiger charge is 2.33. The van der Waals surface area contributed by atoms with Gasteiger partial charge in [0.2, 0.25) is 0 Å². The molecule has 94 valence electrons. The highest BCUT2D eigenvalue weighted by Crippen LogP contribution is 2.30. The maximum Gasteiger partial charge on any atom is 0.145 e. The predicted octanol–water partition coefficient (Wildman–Crippen LogP) is 3.94. The van der Waals surface area contributed by atoms with Crippen LogP contribution in [-0.4, -0.2) is 12.1 Å². The van der Waals surface area contributed by atoms with Gasteiger partial charge in [-0.3, -0.25) is 0 Å². The quantitative estimate of drug-likeness (QED) is 0.859. The zero-order valence-electron chi connectivity index (χ0n) is 10.2. The smallest absolute Gasteiger partial charge is 0.145 e. The Labute approximate surface area is 107 Å². The first-order chi connectivity index (χ1) is 8.17. The Morgan fingerprint density at radius 1 is 1.47 bits per heavy atom. The van der Waals surface area contributed by atoms with E-state index in [4.69, 9.17) is 11.6 Å². The summed E-state index contributed by atoms with van der Waals surface area (Å²) in [4.78, 5) is 0. The second-order valence-corrected chi connectivity index (χ2v) is 5.36. The molecular formula is C14H19ClFN. The van der Waals surface area contributed by atoms with Crippen molar-refractivity contribution in [3.05, 3.63) is 34.6 Å². The number of nitrogens with one attached hydrogen (secondary N) is 1. The lowest BCUT2D eigenvalue weighted by Crippen LogP contribution is -2.42. The zero-order chi connectivity index (χ0) is 12.3. The molecular weight excluding hydrogens is 237 g/mol. The van der Waals surface area contributed by atoms with Crippen LogP contribution < -0.4 is 5.32 Å². The summed E-state index contributed by atoms with van der Waals surface area (Å²) in [5, 5.41) is 3.79. The van der Waals surface area contributed by atoms with E-state index in [1.165, 1.54) is 6.42 Å². The lowest BCUT2D eigenvalue weighted by molar-refractivity contribution is 0.337. The van der Waals surface area contributed by atoms with Gasteiger partial charge >= 0.3 is 0 Å². The van der Waals surface area contributed by atoms with Gasteiger partial charge in [-0.1, -0.05) is 37.1 Å². The van der Waals surface area contributed by atoms with E-state index in [0.717, 1.165) is 37.8 Å². The molecule has 1 saturated heterocycles. The third kappa shape index (κ3) is 2.80. The van der Waals surface area contributed by atoms with Crippen LogP contribution in [0.1, 0.15) is 38.2 Å². The largest absolute Gasteiger partial charge is 0.311 e. The highest BCUT2D eigenvalue weighted by molar-refractivity contribution is 6.30. The summed E-state index contributed by atoms with van der Waals surface area (Å²) in [5.41, 5.74) is 0.820. The molecule has 0 bridgehead atoms. The van der Waals surface area contributed by atoms with Gasteiger partial charge < -0.3 is 5.32 Å². The highest BCUT2D eigenvalue weighted by atomic mass is 35.5. The minimum atomic E-state index is -0.252. The molecule has 17 heavy (non-hydrogen) atoms. The van der Waals surface area contributed by atoms with E-state index in [0.29, 0.717) is 0 Å². The van der Waals surface area contributed by atoms with E-state index in [1.807, 2.05) is 12.1 Å². The van der Waals surface area contributed by atoms with Crippen molar-refractivity contribution in [2.45, 2.75) is 44.6 Å². The van der Waals surface area contributed by atoms with E-state index >= 15 is 0 Å². The van der Waals surface area contributed by atoms with Gasteiger partial charge in [-0.25, -0.2) is 4.39 Å². The first-order valence-corrected chi connectivity index (χ1v) is 6.72. The maximum atomic E-state index is 13.9. The Kier molecular flexibility index (Phi) is 4.05. The molecule has 1 atom stereocenters. The molecule has 0 spiro atoms. The molecule has 1 aromatic carbocycles. The fourth-order valence-electron chi connectivity index (χ4n) is 2.85. The average Bonchev–Trinajstić information content (AvgIpc) is 2.74. The molecule has 0 amide bonds. The van der Waals surface area contributed by atoms with Crippen molar-refractivity contribution in [3.8, 4) is 0 Å². The van der Waals surface area contributed by atoms with Crippen LogP contribution >= 0.6 is 11.6 Å². The van der Waals surface area contributed by atoms with Crippen molar-refractivity contribution in [2.75, 3.05) is 6.54 Å². The van der Waals surface area contributed by atoms with Crippen molar-refractivity contribution >= 4 is 11.6 Å². The minimum Gasteiger partial charge on any atom is -0.311 e. The topological polar surface area (TPSA) is 12.0 Å². The third-order valence-electron chi connectivity index (χ3n) is 3.62. The molecule has 0 saturated carbocycles. The van der Waals surface area contributed by atoms with Gasteiger partial charge in [0.15, 0.2) is 0 Å². The van der Waals surface area contributed by atoms with Gasteiger partial charge in [-0.2, -0.15) is 0 Å². The Hall–Kier alpha value is -0.600. The van der Waals surface area contributed by atoms with E-state index in [9.17, 15) is 4.39 Å². The molecule has 1 nitrogen and oxygen atoms in total. The fourth-order valence-corrected chi connectivity index (χ4v) is 3.04. The fraction of sp³-hybridized carbons (Fsp3) is 0.571. The average molecular weight is 256 g/mol. The Bertz CT molecular complexity index is 386. The van der Waals surface area contributed by atoms with Crippen molar-refractivity contribution in [3.63, 3.8) is 0 Å². The van der Waals surface area contributed by atoms with Gasteiger partial charge in [-0.15, -0.1) is 0 Å². The van der Waals surface area contributed by atoms with Crippen molar-refractivity contribution in [1.29, 1.82) is 0 Å². The SMILES string of the molecule is CCCC1(Cc2cccc(Cl)c2F)CCCN1. The summed E-state index contributed by atoms with van der Waals surface area (Å²) < 4.78 is 13.9. The molecule has 2 rings (SSSR count). The summed E-state index contributed by atoms with van der Waals surface area (Å²) in [6, 6.07) is 5.28. The standard InChI is InChI=1S/C14H19ClFN/c1-2-7-14(8-4-9-17-14)10-11-5-3-6-12(15)13(11)16/h3,5-6,17H,2,4,7-10H2,1H3. The van der Waals surface area contributed by atoms with Crippen LogP contribution in [0.3, 0.4) is 0 Å². The lowest BCUT2D eigenvalue weighted by atomic mass is 9.85. The maximum absolute atomic E-state index is 13.9. The monoisotopic (exact) mass is 255 g/mol. The Morgan fingerprint density at radius 3 is 2.94 bits per heavy atom. The van der Waals surface area contributed by atoms with Gasteiger partial charge in [-0.05, 0) is 43.9 Å². The number of hydrogen-bond donors (Lipinski definition) is 1. The summed E-state index contributed by atoms with van der Waals surface area (Å²) in [7, 11) is 0. The second-order valence-electron chi connectivity index (χ2n) is 4.95. The second kappa shape index (κ2) is 5.36. The zero-order valence-corrected chi connectivity index (χ0v) is 11.0. The van der Waals surface area contributed by atoms with E-state index < -0.39 is 0 Å². The summed E-state index contributed by atoms with van der Waals surface area (Å²) >= 11 is 5.83. The van der Waals surface area contributed by atoms with E-state index in [1.54, 1.807) is 6.07 Å². The normalized spacial score (nSPS) is 24.2. The molecule has 1 aliphatic heterocycles. The van der Waals surface area contributed by atoms with Gasteiger partial charge in [0, 0.05) is 5.54 Å². The van der Waals surface area contributed by atoms with Crippen LogP contribution in [0.4, 0.5) is 4.39 Å². The lowest BCUT2D eigenvalue weighted by Gasteiger charge is -2.29.